The molecule has 0 unspecified atom stereocenters. The molecule has 2 N–H and O–H groups in total. The van der Waals surface area contributed by atoms with Crippen molar-refractivity contribution in [3.05, 3.63) is 48.0 Å². The van der Waals surface area contributed by atoms with Crippen LogP contribution in [0.25, 0.3) is 0 Å². The molecule has 30 heavy (non-hydrogen) atoms. The highest BCUT2D eigenvalue weighted by Crippen LogP contribution is 2.34. The summed E-state index contributed by atoms with van der Waals surface area (Å²) in [5.74, 6) is -5.51. The van der Waals surface area contributed by atoms with Crippen molar-refractivity contribution in [2.75, 3.05) is 6.54 Å². The Hall–Kier alpha value is -2.28. The fraction of sp³-hybridized carbons (Fsp3) is 0.565. The summed E-state index contributed by atoms with van der Waals surface area (Å²) in [6, 6.07) is 8.97. The Morgan fingerprint density at radius 2 is 1.90 bits per heavy atom. The van der Waals surface area contributed by atoms with Crippen molar-refractivity contribution >= 4 is 11.9 Å². The third kappa shape index (κ3) is 7.20. The molecule has 7 heteroatoms. The maximum absolute atomic E-state index is 14.0. The summed E-state index contributed by atoms with van der Waals surface area (Å²) in [6.07, 6.45) is 4.84. The third-order valence-electron chi connectivity index (χ3n) is 5.49. The second-order valence-corrected chi connectivity index (χ2v) is 8.07. The monoisotopic (exact) mass is 423 g/mol. The van der Waals surface area contributed by atoms with Crippen LogP contribution in [-0.2, 0) is 16.0 Å². The summed E-state index contributed by atoms with van der Waals surface area (Å²) in [5, 5.41) is 19.0. The van der Waals surface area contributed by atoms with E-state index in [1.165, 1.54) is 17.1 Å². The van der Waals surface area contributed by atoms with Gasteiger partial charge in [-0.2, -0.15) is 8.78 Å². The smallest absolute Gasteiger partial charge is 0.327 e. The van der Waals surface area contributed by atoms with Crippen LogP contribution < -0.4 is 0 Å². The molecular formula is C23H31F2NO4. The fourth-order valence-electron chi connectivity index (χ4n) is 3.71. The molecule has 2 rings (SSSR count). The van der Waals surface area contributed by atoms with E-state index in [2.05, 4.69) is 0 Å². The molecule has 0 saturated carbocycles. The van der Waals surface area contributed by atoms with Gasteiger partial charge in [-0.05, 0) is 30.7 Å². The van der Waals surface area contributed by atoms with E-state index in [4.69, 9.17) is 5.11 Å². The van der Waals surface area contributed by atoms with Gasteiger partial charge in [-0.1, -0.05) is 62.2 Å². The van der Waals surface area contributed by atoms with Gasteiger partial charge in [0.25, 0.3) is 5.91 Å². The lowest BCUT2D eigenvalue weighted by molar-refractivity contribution is -0.148. The highest BCUT2D eigenvalue weighted by molar-refractivity contribution is 5.86. The lowest BCUT2D eigenvalue weighted by atomic mass is 9.95. The van der Waals surface area contributed by atoms with Crippen molar-refractivity contribution in [2.24, 2.45) is 5.92 Å². The zero-order chi connectivity index (χ0) is 22.1. The summed E-state index contributed by atoms with van der Waals surface area (Å²) in [5.41, 5.74) is 1.09. The van der Waals surface area contributed by atoms with E-state index in [0.29, 0.717) is 32.1 Å². The van der Waals surface area contributed by atoms with Crippen molar-refractivity contribution in [3.8, 4) is 0 Å². The zero-order valence-corrected chi connectivity index (χ0v) is 17.3. The van der Waals surface area contributed by atoms with Gasteiger partial charge < -0.3 is 15.1 Å². The molecule has 1 aliphatic rings. The molecule has 1 fully saturated rings. The number of carboxylic acid groups (broad SMARTS) is 1. The first-order valence-corrected chi connectivity index (χ1v) is 10.5. The number of rotatable bonds is 12. The number of amides is 1. The number of likely N-dealkylation sites (tertiary alicyclic amines) is 1. The van der Waals surface area contributed by atoms with Crippen LogP contribution in [0, 0.1) is 5.92 Å². The first-order chi connectivity index (χ1) is 14.2. The van der Waals surface area contributed by atoms with Crippen LogP contribution in [0.2, 0.25) is 0 Å². The normalized spacial score (nSPS) is 20.6. The molecule has 1 amide bonds. The van der Waals surface area contributed by atoms with Gasteiger partial charge in [0.15, 0.2) is 0 Å². The summed E-state index contributed by atoms with van der Waals surface area (Å²) < 4.78 is 27.9. The molecule has 1 aromatic rings. The second kappa shape index (κ2) is 11.2. The quantitative estimate of drug-likeness (QED) is 0.393. The molecule has 0 bridgehead atoms. The van der Waals surface area contributed by atoms with E-state index < -0.39 is 36.4 Å². The van der Waals surface area contributed by atoms with Crippen molar-refractivity contribution in [1.82, 2.24) is 4.90 Å². The maximum atomic E-state index is 14.0. The molecule has 0 radical (unpaired) electrons. The number of aliphatic carboxylic acids is 1. The Bertz CT molecular complexity index is 723. The van der Waals surface area contributed by atoms with Gasteiger partial charge >= 0.3 is 11.9 Å². The first kappa shape index (κ1) is 24.0. The number of halogens is 2. The van der Waals surface area contributed by atoms with E-state index in [0.717, 1.165) is 5.56 Å². The van der Waals surface area contributed by atoms with Crippen LogP contribution in [0.1, 0.15) is 51.0 Å². The molecule has 3 atom stereocenters. The number of unbranched alkanes of at least 4 members (excludes halogenated alkanes) is 3. The number of benzene rings is 1. The third-order valence-corrected chi connectivity index (χ3v) is 5.49. The minimum Gasteiger partial charge on any atom is -0.481 e. The number of carbonyl (C=O) groups is 2. The topological polar surface area (TPSA) is 77.8 Å². The predicted octanol–water partition coefficient (Wildman–Crippen LogP) is 4.05. The average molecular weight is 424 g/mol. The fourth-order valence-corrected chi connectivity index (χ4v) is 3.71. The molecule has 1 aromatic carbocycles. The van der Waals surface area contributed by atoms with Crippen LogP contribution in [0.15, 0.2) is 42.5 Å². The van der Waals surface area contributed by atoms with E-state index in [-0.39, 0.29) is 18.9 Å². The number of alkyl halides is 2. The van der Waals surface area contributed by atoms with Crippen LogP contribution in [0.5, 0.6) is 0 Å². The Morgan fingerprint density at radius 1 is 1.23 bits per heavy atom. The molecular weight excluding hydrogens is 392 g/mol. The van der Waals surface area contributed by atoms with Crippen molar-refractivity contribution in [2.45, 2.75) is 69.9 Å². The zero-order valence-electron chi connectivity index (χ0n) is 17.3. The summed E-state index contributed by atoms with van der Waals surface area (Å²) in [7, 11) is 0. The highest BCUT2D eigenvalue weighted by atomic mass is 19.3. The van der Waals surface area contributed by atoms with Crippen molar-refractivity contribution in [1.29, 1.82) is 0 Å². The molecule has 0 aromatic heterocycles. The minimum absolute atomic E-state index is 0.0884. The number of nitrogens with zero attached hydrogens (tertiary/aromatic N) is 1. The molecule has 0 aliphatic carbocycles. The summed E-state index contributed by atoms with van der Waals surface area (Å²) in [6.45, 7) is 2.09. The Labute approximate surface area is 176 Å². The molecule has 166 valence electrons. The van der Waals surface area contributed by atoms with Gasteiger partial charge in [0.1, 0.15) is 0 Å². The van der Waals surface area contributed by atoms with Crippen LogP contribution >= 0.6 is 0 Å². The van der Waals surface area contributed by atoms with Gasteiger partial charge in [0.05, 0.1) is 12.1 Å². The Morgan fingerprint density at radius 3 is 2.57 bits per heavy atom. The summed E-state index contributed by atoms with van der Waals surface area (Å²) in [4.78, 5) is 23.8. The number of aliphatic hydroxyl groups excluding tert-OH is 1. The van der Waals surface area contributed by atoms with Crippen LogP contribution in [-0.4, -0.2) is 51.6 Å². The van der Waals surface area contributed by atoms with E-state index in [1.807, 2.05) is 37.3 Å². The highest BCUT2D eigenvalue weighted by Gasteiger charge is 2.52. The van der Waals surface area contributed by atoms with Gasteiger partial charge in [0.2, 0.25) is 0 Å². The number of hydrogen-bond acceptors (Lipinski definition) is 3. The Kier molecular flexibility index (Phi) is 8.96. The van der Waals surface area contributed by atoms with E-state index >= 15 is 0 Å². The SMILES string of the molecule is C[C@@H](Cc1ccccc1)[C@@H](O)C=C[C@H]1CC(F)(F)C(=O)N1CCCCCCC(=O)O. The number of carboxylic acids is 1. The lowest BCUT2D eigenvalue weighted by Gasteiger charge is -2.22. The second-order valence-electron chi connectivity index (χ2n) is 8.07. The minimum atomic E-state index is -3.39. The predicted molar refractivity (Wildman–Crippen MR) is 110 cm³/mol. The number of carbonyl (C=O) groups excluding carboxylic acids is 1. The van der Waals surface area contributed by atoms with Gasteiger partial charge in [-0.25, -0.2) is 0 Å². The van der Waals surface area contributed by atoms with Crippen molar-refractivity contribution < 1.29 is 28.6 Å². The van der Waals surface area contributed by atoms with E-state index in [9.17, 15) is 23.5 Å². The number of hydrogen-bond donors (Lipinski definition) is 2. The van der Waals surface area contributed by atoms with Gasteiger partial charge in [-0.15, -0.1) is 0 Å². The molecule has 1 heterocycles. The molecule has 1 aliphatic heterocycles. The van der Waals surface area contributed by atoms with E-state index in [1.54, 1.807) is 0 Å². The average Bonchev–Trinajstić information content (AvgIpc) is 2.92. The molecule has 0 spiro atoms. The first-order valence-electron chi connectivity index (χ1n) is 10.5. The largest absolute Gasteiger partial charge is 0.481 e. The summed E-state index contributed by atoms with van der Waals surface area (Å²) >= 11 is 0. The Balaban J connectivity index is 1.88. The maximum Gasteiger partial charge on any atom is 0.327 e. The number of aliphatic hydroxyl groups is 1. The van der Waals surface area contributed by atoms with Crippen LogP contribution in [0.3, 0.4) is 0 Å². The lowest BCUT2D eigenvalue weighted by Crippen LogP contribution is -2.36. The molecule has 1 saturated heterocycles. The van der Waals surface area contributed by atoms with Gasteiger partial charge in [-0.3, -0.25) is 9.59 Å². The van der Waals surface area contributed by atoms with Gasteiger partial charge in [0, 0.05) is 19.4 Å². The van der Waals surface area contributed by atoms with Crippen LogP contribution in [0.4, 0.5) is 8.78 Å². The standard InChI is InChI=1S/C23H31F2NO4/c1-17(15-18-9-5-4-6-10-18)20(27)13-12-19-16-23(24,25)22(30)26(19)14-8-3-2-7-11-21(28)29/h4-6,9-10,12-13,17,19-20,27H,2-3,7-8,11,14-16H2,1H3,(H,28,29)/t17-,19-,20-/m0/s1. The molecule has 5 nitrogen and oxygen atoms in total. The van der Waals surface area contributed by atoms with Crippen molar-refractivity contribution in [3.63, 3.8) is 0 Å².